The number of amides is 1. The van der Waals surface area contributed by atoms with Gasteiger partial charge in [0.15, 0.2) is 0 Å². The number of carbonyl (C=O) groups is 1. The van der Waals surface area contributed by atoms with Crippen LogP contribution < -0.4 is 0 Å². The Kier molecular flexibility index (Phi) is 4.17. The Hall–Kier alpha value is -2.40. The van der Waals surface area contributed by atoms with E-state index in [1.54, 1.807) is 6.33 Å². The van der Waals surface area contributed by atoms with Crippen LogP contribution in [-0.4, -0.2) is 20.4 Å². The van der Waals surface area contributed by atoms with Crippen LogP contribution in [0.25, 0.3) is 0 Å². The molecular formula is C20H18BrN3O. The Morgan fingerprint density at radius 3 is 2.76 bits per heavy atom. The highest BCUT2D eigenvalue weighted by Crippen LogP contribution is 2.34. The lowest BCUT2D eigenvalue weighted by atomic mass is 9.99. The fourth-order valence-electron chi connectivity index (χ4n) is 3.33. The molecular weight excluding hydrogens is 378 g/mol. The van der Waals surface area contributed by atoms with Crippen molar-refractivity contribution in [1.29, 1.82) is 0 Å². The van der Waals surface area contributed by atoms with Crippen molar-refractivity contribution in [2.45, 2.75) is 26.1 Å². The molecule has 4 rings (SSSR count). The molecule has 0 bridgehead atoms. The van der Waals surface area contributed by atoms with Gasteiger partial charge in [-0.2, -0.15) is 0 Å². The molecule has 126 valence electrons. The third kappa shape index (κ3) is 3.12. The summed E-state index contributed by atoms with van der Waals surface area (Å²) in [5.41, 5.74) is 4.48. The van der Waals surface area contributed by atoms with Crippen molar-refractivity contribution in [2.24, 2.45) is 0 Å². The number of benzene rings is 2. The van der Waals surface area contributed by atoms with Crippen molar-refractivity contribution in [1.82, 2.24) is 14.5 Å². The highest BCUT2D eigenvalue weighted by atomic mass is 79.9. The van der Waals surface area contributed by atoms with Gasteiger partial charge in [0.25, 0.3) is 0 Å². The third-order valence-corrected chi connectivity index (χ3v) is 5.09. The summed E-state index contributed by atoms with van der Waals surface area (Å²) in [5.74, 6) is 0.107. The van der Waals surface area contributed by atoms with Gasteiger partial charge in [0.05, 0.1) is 24.3 Å². The molecule has 1 atom stereocenters. The fraction of sp³-hybridized carbons (Fsp3) is 0.200. The second-order valence-electron chi connectivity index (χ2n) is 6.41. The maximum absolute atomic E-state index is 12.9. The van der Waals surface area contributed by atoms with Gasteiger partial charge in [-0.3, -0.25) is 4.79 Å². The molecule has 1 aromatic heterocycles. The summed E-state index contributed by atoms with van der Waals surface area (Å²) in [7, 11) is 0. The Bertz CT molecular complexity index is 917. The van der Waals surface area contributed by atoms with Crippen molar-refractivity contribution in [2.75, 3.05) is 0 Å². The Balaban J connectivity index is 1.77. The van der Waals surface area contributed by atoms with Crippen LogP contribution in [0.3, 0.4) is 0 Å². The monoisotopic (exact) mass is 395 g/mol. The van der Waals surface area contributed by atoms with E-state index in [-0.39, 0.29) is 11.9 Å². The molecule has 0 spiro atoms. The molecule has 3 aromatic rings. The Morgan fingerprint density at radius 1 is 1.20 bits per heavy atom. The smallest absolute Gasteiger partial charge is 0.243 e. The zero-order chi connectivity index (χ0) is 17.4. The van der Waals surface area contributed by atoms with E-state index in [2.05, 4.69) is 64.2 Å². The molecule has 0 N–H and O–H groups in total. The van der Waals surface area contributed by atoms with E-state index in [1.165, 1.54) is 5.56 Å². The molecule has 5 heteroatoms. The number of rotatable bonds is 3. The van der Waals surface area contributed by atoms with Crippen molar-refractivity contribution in [3.63, 3.8) is 0 Å². The van der Waals surface area contributed by atoms with Gasteiger partial charge >= 0.3 is 0 Å². The molecule has 0 fully saturated rings. The van der Waals surface area contributed by atoms with Crippen molar-refractivity contribution in [3.8, 4) is 0 Å². The van der Waals surface area contributed by atoms with Gasteiger partial charge in [0.1, 0.15) is 6.54 Å². The van der Waals surface area contributed by atoms with Crippen LogP contribution in [0.5, 0.6) is 0 Å². The number of fused-ring (bicyclic) bond motifs is 1. The van der Waals surface area contributed by atoms with Gasteiger partial charge in [-0.1, -0.05) is 57.9 Å². The zero-order valence-electron chi connectivity index (χ0n) is 13.9. The predicted octanol–water partition coefficient (Wildman–Crippen LogP) is 4.09. The Morgan fingerprint density at radius 2 is 2.00 bits per heavy atom. The molecule has 0 aliphatic carbocycles. The van der Waals surface area contributed by atoms with E-state index in [4.69, 9.17) is 0 Å². The summed E-state index contributed by atoms with van der Waals surface area (Å²) < 4.78 is 2.95. The third-order valence-electron chi connectivity index (χ3n) is 4.60. The minimum Gasteiger partial charge on any atom is -0.324 e. The van der Waals surface area contributed by atoms with E-state index in [1.807, 2.05) is 27.8 Å². The number of imidazole rings is 1. The first-order chi connectivity index (χ1) is 12.1. The van der Waals surface area contributed by atoms with Gasteiger partial charge in [0, 0.05) is 11.0 Å². The summed E-state index contributed by atoms with van der Waals surface area (Å²) in [6.07, 6.45) is 3.60. The van der Waals surface area contributed by atoms with Gasteiger partial charge in [-0.25, -0.2) is 4.98 Å². The standard InChI is InChI=1S/C20H18BrN3O/c1-14-5-7-15(8-6-14)11-24-19(25)12-23-13-22-10-18(23)20(24)16-3-2-4-17(21)9-16/h2-10,13,20H,11-12H2,1H3. The molecule has 0 radical (unpaired) electrons. The average molecular weight is 396 g/mol. The SMILES string of the molecule is Cc1ccc(CN2C(=O)Cn3cncc3C2c2cccc(Br)c2)cc1. The predicted molar refractivity (Wildman–Crippen MR) is 99.9 cm³/mol. The summed E-state index contributed by atoms with van der Waals surface area (Å²) in [6.45, 7) is 2.99. The minimum atomic E-state index is -0.137. The van der Waals surface area contributed by atoms with Crippen LogP contribution in [0.15, 0.2) is 65.5 Å². The topological polar surface area (TPSA) is 38.1 Å². The number of hydrogen-bond donors (Lipinski definition) is 0. The summed E-state index contributed by atoms with van der Waals surface area (Å²) in [4.78, 5) is 19.1. The van der Waals surface area contributed by atoms with Crippen molar-refractivity contribution >= 4 is 21.8 Å². The summed E-state index contributed by atoms with van der Waals surface area (Å²) >= 11 is 3.54. The summed E-state index contributed by atoms with van der Waals surface area (Å²) in [6, 6.07) is 16.3. The van der Waals surface area contributed by atoms with Crippen molar-refractivity contribution < 1.29 is 4.79 Å². The van der Waals surface area contributed by atoms with Gasteiger partial charge in [-0.05, 0) is 30.2 Å². The molecule has 2 heterocycles. The molecule has 0 saturated heterocycles. The number of halogens is 1. The van der Waals surface area contributed by atoms with Crippen LogP contribution in [-0.2, 0) is 17.9 Å². The van der Waals surface area contributed by atoms with E-state index in [9.17, 15) is 4.79 Å². The van der Waals surface area contributed by atoms with Crippen LogP contribution in [0.1, 0.15) is 28.4 Å². The van der Waals surface area contributed by atoms with E-state index in [0.29, 0.717) is 13.1 Å². The van der Waals surface area contributed by atoms with E-state index < -0.39 is 0 Å². The lowest BCUT2D eigenvalue weighted by Gasteiger charge is -2.37. The molecule has 4 nitrogen and oxygen atoms in total. The fourth-order valence-corrected chi connectivity index (χ4v) is 3.74. The number of aromatic nitrogens is 2. The second-order valence-corrected chi connectivity index (χ2v) is 7.33. The molecule has 1 aliphatic heterocycles. The number of nitrogens with zero attached hydrogens (tertiary/aromatic N) is 3. The lowest BCUT2D eigenvalue weighted by molar-refractivity contribution is -0.136. The molecule has 1 unspecified atom stereocenters. The van der Waals surface area contributed by atoms with Gasteiger partial charge < -0.3 is 9.47 Å². The first-order valence-electron chi connectivity index (χ1n) is 8.22. The van der Waals surface area contributed by atoms with Gasteiger partial charge in [0.2, 0.25) is 5.91 Å². The minimum absolute atomic E-state index is 0.107. The van der Waals surface area contributed by atoms with Gasteiger partial charge in [-0.15, -0.1) is 0 Å². The normalized spacial score (nSPS) is 16.8. The van der Waals surface area contributed by atoms with Crippen LogP contribution in [0.2, 0.25) is 0 Å². The maximum atomic E-state index is 12.9. The maximum Gasteiger partial charge on any atom is 0.243 e. The van der Waals surface area contributed by atoms with Crippen LogP contribution in [0, 0.1) is 6.92 Å². The summed E-state index contributed by atoms with van der Waals surface area (Å²) in [5, 5.41) is 0. The van der Waals surface area contributed by atoms with Crippen LogP contribution in [0.4, 0.5) is 0 Å². The molecule has 1 aliphatic rings. The molecule has 0 saturated carbocycles. The number of carbonyl (C=O) groups excluding carboxylic acids is 1. The zero-order valence-corrected chi connectivity index (χ0v) is 15.5. The second kappa shape index (κ2) is 6.48. The molecule has 25 heavy (non-hydrogen) atoms. The average Bonchev–Trinajstić information content (AvgIpc) is 3.05. The molecule has 1 amide bonds. The molecule has 2 aromatic carbocycles. The first-order valence-corrected chi connectivity index (χ1v) is 9.01. The van der Waals surface area contributed by atoms with Crippen LogP contribution >= 0.6 is 15.9 Å². The Labute approximate surface area is 155 Å². The highest BCUT2D eigenvalue weighted by molar-refractivity contribution is 9.10. The van der Waals surface area contributed by atoms with Crippen molar-refractivity contribution in [3.05, 3.63) is 87.9 Å². The quantitative estimate of drug-likeness (QED) is 0.669. The van der Waals surface area contributed by atoms with E-state index >= 15 is 0 Å². The number of aryl methyl sites for hydroxylation is 1. The number of hydrogen-bond acceptors (Lipinski definition) is 2. The first kappa shape index (κ1) is 16.1. The lowest BCUT2D eigenvalue weighted by Crippen LogP contribution is -2.42. The highest BCUT2D eigenvalue weighted by Gasteiger charge is 2.34. The largest absolute Gasteiger partial charge is 0.324 e. The van der Waals surface area contributed by atoms with E-state index in [0.717, 1.165) is 21.3 Å².